The zero-order valence-corrected chi connectivity index (χ0v) is 10.9. The summed E-state index contributed by atoms with van der Waals surface area (Å²) < 4.78 is 1.56. The molecule has 0 aliphatic rings. The number of benzene rings is 1. The standard InChI is InChI=1S/C16H14N2O/c1-11-3-5-13(6-4-11)14-10-16(19)18-8-7-12(2)9-15(18)17-14/h3-10H,1-2H3. The molecular weight excluding hydrogens is 236 g/mol. The van der Waals surface area contributed by atoms with Crippen LogP contribution in [-0.2, 0) is 0 Å². The Balaban J connectivity index is 2.25. The van der Waals surface area contributed by atoms with Crippen molar-refractivity contribution in [3.05, 3.63) is 70.1 Å². The van der Waals surface area contributed by atoms with Gasteiger partial charge in [0, 0.05) is 17.8 Å². The molecule has 0 N–H and O–H groups in total. The largest absolute Gasteiger partial charge is 0.269 e. The quantitative estimate of drug-likeness (QED) is 0.665. The fourth-order valence-electron chi connectivity index (χ4n) is 2.08. The van der Waals surface area contributed by atoms with E-state index in [0.29, 0.717) is 5.65 Å². The molecule has 94 valence electrons. The van der Waals surface area contributed by atoms with Gasteiger partial charge in [-0.05, 0) is 31.5 Å². The van der Waals surface area contributed by atoms with Gasteiger partial charge in [-0.25, -0.2) is 4.98 Å². The average molecular weight is 250 g/mol. The topological polar surface area (TPSA) is 34.4 Å². The van der Waals surface area contributed by atoms with Gasteiger partial charge in [-0.15, -0.1) is 0 Å². The molecule has 0 saturated carbocycles. The average Bonchev–Trinajstić information content (AvgIpc) is 2.38. The van der Waals surface area contributed by atoms with Crippen LogP contribution >= 0.6 is 0 Å². The molecule has 3 aromatic rings. The SMILES string of the molecule is Cc1ccc(-c2cc(=O)n3ccc(C)cc3n2)cc1. The molecule has 0 unspecified atom stereocenters. The van der Waals surface area contributed by atoms with Crippen molar-refractivity contribution in [2.24, 2.45) is 0 Å². The molecule has 0 fully saturated rings. The molecule has 19 heavy (non-hydrogen) atoms. The predicted molar refractivity (Wildman–Crippen MR) is 76.4 cm³/mol. The number of aromatic nitrogens is 2. The second-order valence-corrected chi connectivity index (χ2v) is 4.78. The Morgan fingerprint density at radius 1 is 0.947 bits per heavy atom. The van der Waals surface area contributed by atoms with Gasteiger partial charge < -0.3 is 0 Å². The van der Waals surface area contributed by atoms with Crippen LogP contribution in [0.2, 0.25) is 0 Å². The second kappa shape index (κ2) is 4.35. The molecule has 0 radical (unpaired) electrons. The highest BCUT2D eigenvalue weighted by Gasteiger charge is 2.04. The minimum atomic E-state index is -0.0550. The van der Waals surface area contributed by atoms with E-state index in [0.717, 1.165) is 16.8 Å². The normalized spacial score (nSPS) is 10.8. The highest BCUT2D eigenvalue weighted by Crippen LogP contribution is 2.17. The minimum Gasteiger partial charge on any atom is -0.269 e. The van der Waals surface area contributed by atoms with E-state index >= 15 is 0 Å². The van der Waals surface area contributed by atoms with Crippen molar-refractivity contribution in [2.45, 2.75) is 13.8 Å². The summed E-state index contributed by atoms with van der Waals surface area (Å²) in [6.45, 7) is 4.03. The fraction of sp³-hybridized carbons (Fsp3) is 0.125. The van der Waals surface area contributed by atoms with E-state index in [9.17, 15) is 4.79 Å². The van der Waals surface area contributed by atoms with Gasteiger partial charge in [-0.3, -0.25) is 9.20 Å². The number of pyridine rings is 1. The Hall–Kier alpha value is -2.42. The van der Waals surface area contributed by atoms with Crippen molar-refractivity contribution < 1.29 is 0 Å². The van der Waals surface area contributed by atoms with Crippen LogP contribution < -0.4 is 5.56 Å². The van der Waals surface area contributed by atoms with Crippen molar-refractivity contribution in [1.29, 1.82) is 0 Å². The summed E-state index contributed by atoms with van der Waals surface area (Å²) in [5.74, 6) is 0. The third-order valence-corrected chi connectivity index (χ3v) is 3.17. The molecule has 3 nitrogen and oxygen atoms in total. The summed E-state index contributed by atoms with van der Waals surface area (Å²) in [6, 6.07) is 13.4. The van der Waals surface area contributed by atoms with Crippen molar-refractivity contribution in [3.63, 3.8) is 0 Å². The van der Waals surface area contributed by atoms with Gasteiger partial charge in [0.2, 0.25) is 0 Å². The molecule has 3 heteroatoms. The number of hydrogen-bond acceptors (Lipinski definition) is 2. The van der Waals surface area contributed by atoms with Crippen molar-refractivity contribution in [1.82, 2.24) is 9.38 Å². The summed E-state index contributed by atoms with van der Waals surface area (Å²) in [5, 5.41) is 0. The zero-order valence-electron chi connectivity index (χ0n) is 10.9. The maximum atomic E-state index is 12.1. The smallest absolute Gasteiger partial charge is 0.258 e. The Morgan fingerprint density at radius 2 is 1.68 bits per heavy atom. The molecule has 0 spiro atoms. The van der Waals surface area contributed by atoms with Crippen LogP contribution in [0.1, 0.15) is 11.1 Å². The number of aryl methyl sites for hydroxylation is 2. The first-order valence-corrected chi connectivity index (χ1v) is 6.20. The van der Waals surface area contributed by atoms with Gasteiger partial charge in [0.15, 0.2) is 0 Å². The first kappa shape index (κ1) is 11.7. The Bertz CT molecular complexity index is 801. The Kier molecular flexibility index (Phi) is 2.67. The molecule has 1 aromatic carbocycles. The highest BCUT2D eigenvalue weighted by molar-refractivity contribution is 5.61. The molecule has 0 bridgehead atoms. The number of nitrogens with zero attached hydrogens (tertiary/aromatic N) is 2. The van der Waals surface area contributed by atoms with Crippen LogP contribution in [0.25, 0.3) is 16.9 Å². The third kappa shape index (κ3) is 2.15. The molecular formula is C16H14N2O. The van der Waals surface area contributed by atoms with Gasteiger partial charge in [-0.1, -0.05) is 29.8 Å². The number of rotatable bonds is 1. The van der Waals surface area contributed by atoms with Crippen LogP contribution in [0.3, 0.4) is 0 Å². The fourth-order valence-corrected chi connectivity index (χ4v) is 2.08. The van der Waals surface area contributed by atoms with E-state index in [2.05, 4.69) is 4.98 Å². The molecule has 2 aromatic heterocycles. The van der Waals surface area contributed by atoms with E-state index < -0.39 is 0 Å². The zero-order chi connectivity index (χ0) is 13.4. The molecule has 0 saturated heterocycles. The highest BCUT2D eigenvalue weighted by atomic mass is 16.1. The lowest BCUT2D eigenvalue weighted by atomic mass is 10.1. The van der Waals surface area contributed by atoms with Gasteiger partial charge in [0.1, 0.15) is 5.65 Å². The van der Waals surface area contributed by atoms with E-state index in [1.54, 1.807) is 16.7 Å². The molecule has 0 aliphatic heterocycles. The lowest BCUT2D eigenvalue weighted by Crippen LogP contribution is -2.14. The minimum absolute atomic E-state index is 0.0550. The first-order valence-electron chi connectivity index (χ1n) is 6.20. The van der Waals surface area contributed by atoms with Crippen LogP contribution in [-0.4, -0.2) is 9.38 Å². The molecule has 3 rings (SSSR count). The number of hydrogen-bond donors (Lipinski definition) is 0. The van der Waals surface area contributed by atoms with Gasteiger partial charge in [0.25, 0.3) is 5.56 Å². The first-order chi connectivity index (χ1) is 9.13. The maximum absolute atomic E-state index is 12.1. The van der Waals surface area contributed by atoms with E-state index in [1.807, 2.05) is 50.2 Å². The summed E-state index contributed by atoms with van der Waals surface area (Å²) >= 11 is 0. The predicted octanol–water partition coefficient (Wildman–Crippen LogP) is 2.98. The van der Waals surface area contributed by atoms with Gasteiger partial charge >= 0.3 is 0 Å². The van der Waals surface area contributed by atoms with E-state index in [-0.39, 0.29) is 5.56 Å². The van der Waals surface area contributed by atoms with E-state index in [4.69, 9.17) is 0 Å². The molecule has 2 heterocycles. The number of fused-ring (bicyclic) bond motifs is 1. The van der Waals surface area contributed by atoms with Gasteiger partial charge in [-0.2, -0.15) is 0 Å². The van der Waals surface area contributed by atoms with Crippen molar-refractivity contribution in [3.8, 4) is 11.3 Å². The summed E-state index contributed by atoms with van der Waals surface area (Å²) in [5.41, 5.74) is 4.59. The maximum Gasteiger partial charge on any atom is 0.258 e. The summed E-state index contributed by atoms with van der Waals surface area (Å²) in [7, 11) is 0. The van der Waals surface area contributed by atoms with Crippen molar-refractivity contribution in [2.75, 3.05) is 0 Å². The lowest BCUT2D eigenvalue weighted by molar-refractivity contribution is 1.04. The van der Waals surface area contributed by atoms with Gasteiger partial charge in [0.05, 0.1) is 5.69 Å². The summed E-state index contributed by atoms with van der Waals surface area (Å²) in [6.07, 6.45) is 1.76. The Labute approximate surface area is 111 Å². The van der Waals surface area contributed by atoms with Crippen LogP contribution in [0.15, 0.2) is 53.5 Å². The van der Waals surface area contributed by atoms with E-state index in [1.165, 1.54) is 5.56 Å². The van der Waals surface area contributed by atoms with Crippen LogP contribution in [0.4, 0.5) is 0 Å². The molecule has 0 atom stereocenters. The van der Waals surface area contributed by atoms with Crippen LogP contribution in [0.5, 0.6) is 0 Å². The van der Waals surface area contributed by atoms with Crippen molar-refractivity contribution >= 4 is 5.65 Å². The van der Waals surface area contributed by atoms with Crippen LogP contribution in [0, 0.1) is 13.8 Å². The lowest BCUT2D eigenvalue weighted by Gasteiger charge is -2.05. The third-order valence-electron chi connectivity index (χ3n) is 3.17. The summed E-state index contributed by atoms with van der Waals surface area (Å²) in [4.78, 5) is 16.6. The second-order valence-electron chi connectivity index (χ2n) is 4.78. The Morgan fingerprint density at radius 3 is 2.42 bits per heavy atom. The monoisotopic (exact) mass is 250 g/mol. The molecule has 0 aliphatic carbocycles. The molecule has 0 amide bonds.